The molecule has 28 heavy (non-hydrogen) atoms. The number of benzene rings is 2. The third-order valence-electron chi connectivity index (χ3n) is 4.72. The molecule has 7 nitrogen and oxygen atoms in total. The quantitative estimate of drug-likeness (QED) is 0.724. The molecule has 0 aliphatic carbocycles. The van der Waals surface area contributed by atoms with Crippen molar-refractivity contribution in [2.45, 2.75) is 19.4 Å². The Hall–Kier alpha value is -2.48. The van der Waals surface area contributed by atoms with Crippen LogP contribution in [0, 0.1) is 5.92 Å². The first kappa shape index (κ1) is 20.3. The van der Waals surface area contributed by atoms with Crippen LogP contribution in [0.1, 0.15) is 12.5 Å². The van der Waals surface area contributed by atoms with Crippen molar-refractivity contribution >= 4 is 22.7 Å². The highest BCUT2D eigenvalue weighted by molar-refractivity contribution is 5.88. The van der Waals surface area contributed by atoms with E-state index in [1.807, 2.05) is 42.5 Å². The summed E-state index contributed by atoms with van der Waals surface area (Å²) in [5, 5.41) is 14.0. The van der Waals surface area contributed by atoms with Crippen LogP contribution in [0.4, 0.5) is 0 Å². The predicted octanol–water partition coefficient (Wildman–Crippen LogP) is 1.71. The number of carbonyl (C=O) groups is 2. The molecule has 0 bridgehead atoms. The Morgan fingerprint density at radius 3 is 2.57 bits per heavy atom. The molecule has 0 saturated carbocycles. The van der Waals surface area contributed by atoms with Gasteiger partial charge in [0.1, 0.15) is 0 Å². The summed E-state index contributed by atoms with van der Waals surface area (Å²) in [6.07, 6.45) is -1.46. The summed E-state index contributed by atoms with van der Waals surface area (Å²) in [6, 6.07) is 13.5. The van der Waals surface area contributed by atoms with Crippen LogP contribution >= 0.6 is 0 Å². The molecule has 2 aromatic rings. The maximum Gasteiger partial charge on any atom is 0.354 e. The number of aliphatic hydroxyl groups excluding tert-OH is 1. The van der Waals surface area contributed by atoms with Crippen molar-refractivity contribution < 1.29 is 29.0 Å². The first-order valence-electron chi connectivity index (χ1n) is 9.46. The van der Waals surface area contributed by atoms with Crippen molar-refractivity contribution in [3.05, 3.63) is 48.0 Å². The number of hydrogen-bond donors (Lipinski definition) is 1. The lowest BCUT2D eigenvalue weighted by Crippen LogP contribution is -2.44. The molecule has 0 amide bonds. The van der Waals surface area contributed by atoms with Gasteiger partial charge in [-0.1, -0.05) is 42.5 Å². The van der Waals surface area contributed by atoms with E-state index in [4.69, 9.17) is 14.3 Å². The number of ether oxygens (including phenoxy) is 2. The zero-order valence-electron chi connectivity index (χ0n) is 15.9. The minimum atomic E-state index is -1.62. The predicted molar refractivity (Wildman–Crippen MR) is 102 cm³/mol. The van der Waals surface area contributed by atoms with Crippen LogP contribution in [0.3, 0.4) is 0 Å². The van der Waals surface area contributed by atoms with Gasteiger partial charge in [0.25, 0.3) is 0 Å². The molecule has 7 heteroatoms. The van der Waals surface area contributed by atoms with E-state index in [1.165, 1.54) is 5.06 Å². The van der Waals surface area contributed by atoms with Gasteiger partial charge in [0.15, 0.2) is 6.10 Å². The van der Waals surface area contributed by atoms with Crippen molar-refractivity contribution in [2.24, 2.45) is 5.92 Å². The molecular weight excluding hydrogens is 362 g/mol. The molecular formula is C21H25NO6. The van der Waals surface area contributed by atoms with Gasteiger partial charge in [-0.25, -0.2) is 4.79 Å². The number of carbonyl (C=O) groups excluding carboxylic acids is 2. The van der Waals surface area contributed by atoms with Crippen LogP contribution in [0.2, 0.25) is 0 Å². The van der Waals surface area contributed by atoms with Gasteiger partial charge in [0, 0.05) is 0 Å². The zero-order chi connectivity index (χ0) is 19.9. The smallest absolute Gasteiger partial charge is 0.354 e. The van der Waals surface area contributed by atoms with Crippen molar-refractivity contribution in [3.8, 4) is 0 Å². The second-order valence-corrected chi connectivity index (χ2v) is 6.60. The van der Waals surface area contributed by atoms with E-state index in [0.29, 0.717) is 26.3 Å². The number of nitrogens with zero attached hydrogens (tertiary/aromatic N) is 1. The molecule has 0 spiro atoms. The lowest BCUT2D eigenvalue weighted by Gasteiger charge is -2.27. The molecule has 1 heterocycles. The molecule has 0 unspecified atom stereocenters. The van der Waals surface area contributed by atoms with E-state index >= 15 is 0 Å². The van der Waals surface area contributed by atoms with Gasteiger partial charge in [-0.3, -0.25) is 4.79 Å². The first-order valence-corrected chi connectivity index (χ1v) is 9.46. The molecule has 0 radical (unpaired) electrons. The molecule has 1 aliphatic rings. The second kappa shape index (κ2) is 9.64. The minimum Gasteiger partial charge on any atom is -0.466 e. The second-order valence-electron chi connectivity index (χ2n) is 6.60. The SMILES string of the molecule is CCOC(=O)[C@H](Cc1cccc2ccccc12)[C@H](O)C(=O)ON1CCOCC1. The number of rotatable bonds is 7. The number of morpholine rings is 1. The maximum absolute atomic E-state index is 12.5. The third-order valence-corrected chi connectivity index (χ3v) is 4.72. The van der Waals surface area contributed by atoms with Gasteiger partial charge in [-0.2, -0.15) is 0 Å². The average molecular weight is 387 g/mol. The van der Waals surface area contributed by atoms with Crippen LogP contribution in [-0.2, 0) is 30.3 Å². The van der Waals surface area contributed by atoms with Gasteiger partial charge in [-0.05, 0) is 29.7 Å². The Balaban J connectivity index is 1.79. The van der Waals surface area contributed by atoms with Gasteiger partial charge in [0.05, 0.1) is 38.8 Å². The molecule has 2 aromatic carbocycles. The van der Waals surface area contributed by atoms with Crippen LogP contribution in [0.25, 0.3) is 10.8 Å². The van der Waals surface area contributed by atoms with Crippen molar-refractivity contribution in [2.75, 3.05) is 32.9 Å². The number of hydroxylamine groups is 2. The van der Waals surface area contributed by atoms with E-state index in [1.54, 1.807) is 6.92 Å². The van der Waals surface area contributed by atoms with E-state index in [-0.39, 0.29) is 13.0 Å². The molecule has 1 saturated heterocycles. The number of hydrogen-bond acceptors (Lipinski definition) is 7. The number of aliphatic hydroxyl groups is 1. The summed E-state index contributed by atoms with van der Waals surface area (Å²) in [5.74, 6) is -2.54. The summed E-state index contributed by atoms with van der Waals surface area (Å²) in [7, 11) is 0. The monoisotopic (exact) mass is 387 g/mol. The van der Waals surface area contributed by atoms with Crippen molar-refractivity contribution in [3.63, 3.8) is 0 Å². The van der Waals surface area contributed by atoms with Crippen molar-refractivity contribution in [1.29, 1.82) is 0 Å². The van der Waals surface area contributed by atoms with Crippen LogP contribution in [0.5, 0.6) is 0 Å². The average Bonchev–Trinajstić information content (AvgIpc) is 2.72. The number of esters is 1. The highest BCUT2D eigenvalue weighted by Gasteiger charge is 2.36. The molecule has 1 fully saturated rings. The van der Waals surface area contributed by atoms with Gasteiger partial charge >= 0.3 is 11.9 Å². The molecule has 150 valence electrons. The largest absolute Gasteiger partial charge is 0.466 e. The summed E-state index contributed by atoms with van der Waals surface area (Å²) in [6.45, 7) is 3.58. The molecule has 1 N–H and O–H groups in total. The Morgan fingerprint density at radius 1 is 1.11 bits per heavy atom. The van der Waals surface area contributed by atoms with Gasteiger partial charge in [-0.15, -0.1) is 5.06 Å². The lowest BCUT2D eigenvalue weighted by molar-refractivity contribution is -0.217. The molecule has 2 atom stereocenters. The van der Waals surface area contributed by atoms with E-state index in [9.17, 15) is 14.7 Å². The van der Waals surface area contributed by atoms with Crippen molar-refractivity contribution in [1.82, 2.24) is 5.06 Å². The highest BCUT2D eigenvalue weighted by Crippen LogP contribution is 2.24. The van der Waals surface area contributed by atoms with Crippen LogP contribution < -0.4 is 0 Å². The van der Waals surface area contributed by atoms with Crippen LogP contribution in [-0.4, -0.2) is 61.1 Å². The fraction of sp³-hybridized carbons (Fsp3) is 0.429. The Kier molecular flexibility index (Phi) is 6.97. The topological polar surface area (TPSA) is 85.3 Å². The normalized spacial score (nSPS) is 17.1. The summed E-state index contributed by atoms with van der Waals surface area (Å²) >= 11 is 0. The molecule has 3 rings (SSSR count). The van der Waals surface area contributed by atoms with E-state index in [2.05, 4.69) is 0 Å². The molecule has 0 aromatic heterocycles. The standard InChI is InChI=1S/C21H25NO6/c1-2-27-20(24)18(19(23)21(25)28-22-10-12-26-13-11-22)14-16-8-5-7-15-6-3-4-9-17(15)16/h3-9,18-19,23H,2,10-14H2,1H3/t18-,19+/m1/s1. The van der Waals surface area contributed by atoms with Gasteiger partial charge < -0.3 is 19.4 Å². The highest BCUT2D eigenvalue weighted by atomic mass is 16.7. The van der Waals surface area contributed by atoms with Crippen LogP contribution in [0.15, 0.2) is 42.5 Å². The first-order chi connectivity index (χ1) is 13.6. The summed E-state index contributed by atoms with van der Waals surface area (Å²) < 4.78 is 10.3. The fourth-order valence-electron chi connectivity index (χ4n) is 3.26. The molecule has 1 aliphatic heterocycles. The zero-order valence-corrected chi connectivity index (χ0v) is 15.9. The Labute approximate surface area is 163 Å². The maximum atomic E-state index is 12.5. The van der Waals surface area contributed by atoms with E-state index in [0.717, 1.165) is 16.3 Å². The summed E-state index contributed by atoms with van der Waals surface area (Å²) in [4.78, 5) is 30.2. The van der Waals surface area contributed by atoms with E-state index < -0.39 is 24.0 Å². The Morgan fingerprint density at radius 2 is 1.82 bits per heavy atom. The number of fused-ring (bicyclic) bond motifs is 1. The summed E-state index contributed by atoms with van der Waals surface area (Å²) in [5.41, 5.74) is 0.856. The minimum absolute atomic E-state index is 0.163. The Bertz CT molecular complexity index is 812. The lowest BCUT2D eigenvalue weighted by atomic mass is 9.91. The third kappa shape index (κ3) is 4.86. The van der Waals surface area contributed by atoms with Gasteiger partial charge in [0.2, 0.25) is 0 Å². The fourth-order valence-corrected chi connectivity index (χ4v) is 3.26.